The van der Waals surface area contributed by atoms with Crippen molar-refractivity contribution in [2.45, 2.75) is 20.1 Å². The predicted molar refractivity (Wildman–Crippen MR) is 88.5 cm³/mol. The summed E-state index contributed by atoms with van der Waals surface area (Å²) in [5, 5.41) is 8.54. The SMILES string of the molecule is Cc1csc(=O)n1CC(=O)OCc1csc(-c2ccsc2)n1. The number of esters is 1. The van der Waals surface area contributed by atoms with Gasteiger partial charge in [-0.05, 0) is 18.4 Å². The quantitative estimate of drug-likeness (QED) is 0.662. The van der Waals surface area contributed by atoms with Crippen LogP contribution in [0.2, 0.25) is 0 Å². The number of thiazole rings is 2. The zero-order valence-electron chi connectivity index (χ0n) is 11.6. The van der Waals surface area contributed by atoms with E-state index < -0.39 is 5.97 Å². The molecule has 5 nitrogen and oxygen atoms in total. The van der Waals surface area contributed by atoms with Gasteiger partial charge in [0.05, 0.1) is 5.69 Å². The number of rotatable bonds is 5. The molecule has 0 N–H and O–H groups in total. The molecule has 0 fully saturated rings. The molecule has 0 bridgehead atoms. The smallest absolute Gasteiger partial charge is 0.326 e. The van der Waals surface area contributed by atoms with E-state index in [4.69, 9.17) is 4.74 Å². The molecule has 3 heterocycles. The topological polar surface area (TPSA) is 61.2 Å². The van der Waals surface area contributed by atoms with Crippen LogP contribution in [0.5, 0.6) is 0 Å². The van der Waals surface area contributed by atoms with Gasteiger partial charge >= 0.3 is 10.8 Å². The Balaban J connectivity index is 1.59. The highest BCUT2D eigenvalue weighted by Gasteiger charge is 2.11. The number of thiophene rings is 1. The zero-order valence-corrected chi connectivity index (χ0v) is 14.1. The minimum absolute atomic E-state index is 0.0598. The van der Waals surface area contributed by atoms with E-state index in [1.807, 2.05) is 22.2 Å². The number of hydrogen-bond donors (Lipinski definition) is 0. The fourth-order valence-corrected chi connectivity index (χ4v) is 4.07. The van der Waals surface area contributed by atoms with Gasteiger partial charge in [0, 0.05) is 27.4 Å². The molecule has 0 aromatic carbocycles. The van der Waals surface area contributed by atoms with Crippen molar-refractivity contribution in [3.05, 3.63) is 48.6 Å². The number of carbonyl (C=O) groups is 1. The first-order valence-electron chi connectivity index (χ1n) is 6.41. The van der Waals surface area contributed by atoms with Gasteiger partial charge in [0.2, 0.25) is 0 Å². The number of nitrogens with zero attached hydrogens (tertiary/aromatic N) is 2. The minimum Gasteiger partial charge on any atom is -0.458 e. The third kappa shape index (κ3) is 3.34. The molecule has 3 aromatic rings. The molecule has 22 heavy (non-hydrogen) atoms. The van der Waals surface area contributed by atoms with Crippen molar-refractivity contribution in [3.8, 4) is 10.6 Å². The first kappa shape index (κ1) is 15.1. The molecule has 0 amide bonds. The molecule has 0 atom stereocenters. The predicted octanol–water partition coefficient (Wildman–Crippen LogP) is 3.15. The van der Waals surface area contributed by atoms with E-state index in [1.54, 1.807) is 23.6 Å². The summed E-state index contributed by atoms with van der Waals surface area (Å²) < 4.78 is 6.60. The lowest BCUT2D eigenvalue weighted by Gasteiger charge is -2.04. The Morgan fingerprint density at radius 1 is 1.32 bits per heavy atom. The molecule has 3 rings (SSSR count). The molecular weight excluding hydrogens is 340 g/mol. The van der Waals surface area contributed by atoms with Crippen LogP contribution in [0.3, 0.4) is 0 Å². The number of aromatic nitrogens is 2. The first-order valence-corrected chi connectivity index (χ1v) is 9.11. The Hall–Kier alpha value is -1.77. The summed E-state index contributed by atoms with van der Waals surface area (Å²) in [4.78, 5) is 27.7. The summed E-state index contributed by atoms with van der Waals surface area (Å²) in [5.74, 6) is -0.436. The molecule has 0 aliphatic heterocycles. The average Bonchev–Trinajstić information content (AvgIpc) is 3.22. The molecule has 0 aliphatic carbocycles. The Bertz CT molecular complexity index is 830. The molecule has 3 aromatic heterocycles. The normalized spacial score (nSPS) is 10.8. The Morgan fingerprint density at radius 3 is 2.86 bits per heavy atom. The molecule has 0 spiro atoms. The Morgan fingerprint density at radius 2 is 2.18 bits per heavy atom. The third-order valence-corrected chi connectivity index (χ3v) is 5.47. The largest absolute Gasteiger partial charge is 0.458 e. The Labute approximate surface area is 138 Å². The summed E-state index contributed by atoms with van der Waals surface area (Å²) in [6, 6.07) is 2.01. The monoisotopic (exact) mass is 352 g/mol. The average molecular weight is 352 g/mol. The maximum absolute atomic E-state index is 11.8. The van der Waals surface area contributed by atoms with Crippen molar-refractivity contribution in [1.82, 2.24) is 9.55 Å². The summed E-state index contributed by atoms with van der Waals surface area (Å²) in [6.07, 6.45) is 0. The summed E-state index contributed by atoms with van der Waals surface area (Å²) >= 11 is 4.22. The van der Waals surface area contributed by atoms with Crippen molar-refractivity contribution in [2.24, 2.45) is 0 Å². The fraction of sp³-hybridized carbons (Fsp3) is 0.214. The van der Waals surface area contributed by atoms with Crippen molar-refractivity contribution in [3.63, 3.8) is 0 Å². The van der Waals surface area contributed by atoms with Crippen LogP contribution >= 0.6 is 34.0 Å². The number of hydrogen-bond acceptors (Lipinski definition) is 7. The van der Waals surface area contributed by atoms with Crippen LogP contribution in [-0.2, 0) is 22.7 Å². The number of aryl methyl sites for hydroxylation is 1. The van der Waals surface area contributed by atoms with E-state index in [2.05, 4.69) is 4.98 Å². The van der Waals surface area contributed by atoms with Crippen LogP contribution in [0, 0.1) is 6.92 Å². The van der Waals surface area contributed by atoms with Gasteiger partial charge in [-0.15, -0.1) is 11.3 Å². The van der Waals surface area contributed by atoms with Gasteiger partial charge in [-0.1, -0.05) is 11.3 Å². The van der Waals surface area contributed by atoms with Gasteiger partial charge in [0.25, 0.3) is 0 Å². The van der Waals surface area contributed by atoms with Crippen LogP contribution in [0.15, 0.2) is 32.4 Å². The van der Waals surface area contributed by atoms with Crippen LogP contribution in [0.25, 0.3) is 10.6 Å². The van der Waals surface area contributed by atoms with E-state index in [0.717, 1.165) is 27.6 Å². The third-order valence-electron chi connectivity index (χ3n) is 2.96. The molecule has 114 valence electrons. The number of ether oxygens (including phenoxy) is 1. The highest BCUT2D eigenvalue weighted by molar-refractivity contribution is 7.14. The molecule has 0 saturated carbocycles. The first-order chi connectivity index (χ1) is 10.6. The maximum atomic E-state index is 11.8. The van der Waals surface area contributed by atoms with Gasteiger partial charge in [-0.3, -0.25) is 14.2 Å². The second-order valence-electron chi connectivity index (χ2n) is 4.55. The standard InChI is InChI=1S/C14H12N2O3S3/c1-9-6-22-14(18)16(9)4-12(17)19-5-11-8-21-13(15-11)10-2-3-20-7-10/h2-3,6-8H,4-5H2,1H3. The van der Waals surface area contributed by atoms with Gasteiger partial charge < -0.3 is 4.74 Å². The van der Waals surface area contributed by atoms with Crippen LogP contribution in [0.4, 0.5) is 0 Å². The highest BCUT2D eigenvalue weighted by atomic mass is 32.1. The summed E-state index contributed by atoms with van der Waals surface area (Å²) in [5.41, 5.74) is 2.56. The summed E-state index contributed by atoms with van der Waals surface area (Å²) in [7, 11) is 0. The van der Waals surface area contributed by atoms with Crippen molar-refractivity contribution >= 4 is 40.0 Å². The van der Waals surface area contributed by atoms with E-state index in [1.165, 1.54) is 15.9 Å². The number of carbonyl (C=O) groups excluding carboxylic acids is 1. The van der Waals surface area contributed by atoms with E-state index >= 15 is 0 Å². The van der Waals surface area contributed by atoms with Crippen molar-refractivity contribution < 1.29 is 9.53 Å². The van der Waals surface area contributed by atoms with Crippen LogP contribution in [-0.4, -0.2) is 15.5 Å². The minimum atomic E-state index is -0.436. The van der Waals surface area contributed by atoms with Crippen LogP contribution < -0.4 is 4.87 Å². The van der Waals surface area contributed by atoms with Crippen molar-refractivity contribution in [1.29, 1.82) is 0 Å². The van der Waals surface area contributed by atoms with Crippen LogP contribution in [0.1, 0.15) is 11.4 Å². The molecule has 0 aliphatic rings. The second kappa shape index (κ2) is 6.55. The fourth-order valence-electron chi connectivity index (χ4n) is 1.82. The molecule has 0 saturated heterocycles. The van der Waals surface area contributed by atoms with E-state index in [0.29, 0.717) is 5.69 Å². The lowest BCUT2D eigenvalue weighted by molar-refractivity contribution is -0.145. The van der Waals surface area contributed by atoms with Crippen molar-refractivity contribution in [2.75, 3.05) is 0 Å². The molecular formula is C14H12N2O3S3. The van der Waals surface area contributed by atoms with E-state index in [-0.39, 0.29) is 18.0 Å². The Kier molecular flexibility index (Phi) is 4.51. The maximum Gasteiger partial charge on any atom is 0.326 e. The van der Waals surface area contributed by atoms with Gasteiger partial charge in [-0.25, -0.2) is 4.98 Å². The lowest BCUT2D eigenvalue weighted by Crippen LogP contribution is -2.22. The van der Waals surface area contributed by atoms with Gasteiger partial charge in [0.15, 0.2) is 0 Å². The molecule has 0 unspecified atom stereocenters. The molecule has 0 radical (unpaired) electrons. The summed E-state index contributed by atoms with van der Waals surface area (Å²) in [6.45, 7) is 1.85. The lowest BCUT2D eigenvalue weighted by atomic mass is 10.4. The van der Waals surface area contributed by atoms with Gasteiger partial charge in [-0.2, -0.15) is 11.3 Å². The highest BCUT2D eigenvalue weighted by Crippen LogP contribution is 2.25. The zero-order chi connectivity index (χ0) is 15.5. The van der Waals surface area contributed by atoms with Gasteiger partial charge in [0.1, 0.15) is 18.2 Å². The molecule has 8 heteroatoms. The second-order valence-corrected chi connectivity index (χ2v) is 7.00. The van der Waals surface area contributed by atoms with E-state index in [9.17, 15) is 9.59 Å².